The smallest absolute Gasteiger partial charge is 0.145 e. The van der Waals surface area contributed by atoms with Crippen LogP contribution in [0, 0.1) is 17.6 Å². The summed E-state index contributed by atoms with van der Waals surface area (Å²) in [5.74, 6) is -0.992. The molecule has 0 aliphatic carbocycles. The molecule has 1 nitrogen and oxygen atoms in total. The van der Waals surface area contributed by atoms with E-state index in [1.807, 2.05) is 0 Å². The number of rotatable bonds is 4. The van der Waals surface area contributed by atoms with Crippen LogP contribution in [0.2, 0.25) is 0 Å². The van der Waals surface area contributed by atoms with Gasteiger partial charge < -0.3 is 0 Å². The number of halogens is 2. The Hall–Kier alpha value is -0.900. The van der Waals surface area contributed by atoms with Gasteiger partial charge in [0.05, 0.1) is 5.75 Å². The van der Waals surface area contributed by atoms with Crippen molar-refractivity contribution in [2.45, 2.75) is 18.7 Å². The van der Waals surface area contributed by atoms with Gasteiger partial charge in [-0.05, 0) is 12.1 Å². The summed E-state index contributed by atoms with van der Waals surface area (Å²) >= 11 is 1.10. The van der Waals surface area contributed by atoms with Crippen molar-refractivity contribution in [3.63, 3.8) is 0 Å². The molecule has 0 aromatic heterocycles. The van der Waals surface area contributed by atoms with E-state index < -0.39 is 11.6 Å². The van der Waals surface area contributed by atoms with Crippen molar-refractivity contribution < 1.29 is 13.6 Å². The minimum absolute atomic E-state index is 0.0546. The lowest BCUT2D eigenvalue weighted by molar-refractivity contribution is -0.119. The van der Waals surface area contributed by atoms with Gasteiger partial charge in [-0.1, -0.05) is 13.8 Å². The minimum atomic E-state index is -0.614. The summed E-state index contributed by atoms with van der Waals surface area (Å²) < 4.78 is 25.7. The Morgan fingerprint density at radius 1 is 1.40 bits per heavy atom. The molecule has 0 saturated carbocycles. The van der Waals surface area contributed by atoms with Gasteiger partial charge in [0.2, 0.25) is 0 Å². The van der Waals surface area contributed by atoms with Gasteiger partial charge in [-0.15, -0.1) is 11.8 Å². The largest absolute Gasteiger partial charge is 0.298 e. The average Bonchev–Trinajstić information content (AvgIpc) is 2.15. The third-order valence-corrected chi connectivity index (χ3v) is 2.98. The number of hydrogen-bond acceptors (Lipinski definition) is 2. The van der Waals surface area contributed by atoms with E-state index in [9.17, 15) is 13.6 Å². The van der Waals surface area contributed by atoms with Crippen molar-refractivity contribution in [2.24, 2.45) is 5.92 Å². The molecule has 0 saturated heterocycles. The Bertz CT molecular complexity index is 364. The van der Waals surface area contributed by atoms with Gasteiger partial charge in [0.15, 0.2) is 0 Å². The highest BCUT2D eigenvalue weighted by molar-refractivity contribution is 8.00. The van der Waals surface area contributed by atoms with Gasteiger partial charge in [-0.2, -0.15) is 0 Å². The van der Waals surface area contributed by atoms with E-state index in [2.05, 4.69) is 0 Å². The van der Waals surface area contributed by atoms with Crippen LogP contribution in [0.5, 0.6) is 0 Å². The third-order valence-electron chi connectivity index (χ3n) is 1.91. The first-order chi connectivity index (χ1) is 7.00. The molecule has 0 N–H and O–H groups in total. The monoisotopic (exact) mass is 230 g/mol. The van der Waals surface area contributed by atoms with Crippen LogP contribution >= 0.6 is 11.8 Å². The predicted octanol–water partition coefficient (Wildman–Crippen LogP) is 3.28. The Morgan fingerprint density at radius 2 is 2.07 bits per heavy atom. The fourth-order valence-electron chi connectivity index (χ4n) is 0.908. The summed E-state index contributed by atoms with van der Waals surface area (Å²) in [5, 5.41) is 0. The number of carbonyl (C=O) groups is 1. The second kappa shape index (κ2) is 5.26. The molecule has 0 heterocycles. The van der Waals surface area contributed by atoms with Gasteiger partial charge >= 0.3 is 0 Å². The van der Waals surface area contributed by atoms with Crippen molar-refractivity contribution in [1.82, 2.24) is 0 Å². The fraction of sp³-hybridized carbons (Fsp3) is 0.364. The summed E-state index contributed by atoms with van der Waals surface area (Å²) in [6, 6.07) is 3.36. The first-order valence-electron chi connectivity index (χ1n) is 4.61. The van der Waals surface area contributed by atoms with Gasteiger partial charge in [-0.25, -0.2) is 8.78 Å². The van der Waals surface area contributed by atoms with Crippen molar-refractivity contribution in [2.75, 3.05) is 5.75 Å². The normalized spacial score (nSPS) is 10.7. The van der Waals surface area contributed by atoms with Crippen molar-refractivity contribution >= 4 is 17.5 Å². The van der Waals surface area contributed by atoms with E-state index in [4.69, 9.17) is 0 Å². The average molecular weight is 230 g/mol. The molecule has 4 heteroatoms. The molecular formula is C11H12F2OS. The number of Topliss-reactive ketones (excluding diaryl/α,β-unsaturated/α-hetero) is 1. The predicted molar refractivity (Wildman–Crippen MR) is 56.9 cm³/mol. The van der Waals surface area contributed by atoms with Crippen molar-refractivity contribution in [3.8, 4) is 0 Å². The SMILES string of the molecule is CC(C)C(=O)CSc1ccc(F)cc1F. The Kier molecular flexibility index (Phi) is 4.27. The number of thioether (sulfide) groups is 1. The second-order valence-electron chi connectivity index (χ2n) is 3.48. The molecule has 0 radical (unpaired) electrons. The standard InChI is InChI=1S/C11H12F2OS/c1-7(2)10(14)6-15-11-4-3-8(12)5-9(11)13/h3-5,7H,6H2,1-2H3. The molecule has 0 aliphatic rings. The molecule has 0 bridgehead atoms. The summed E-state index contributed by atoms with van der Waals surface area (Å²) in [6.45, 7) is 3.59. The molecule has 1 aromatic rings. The van der Waals surface area contributed by atoms with Gasteiger partial charge in [0.25, 0.3) is 0 Å². The van der Waals surface area contributed by atoms with Crippen molar-refractivity contribution in [3.05, 3.63) is 29.8 Å². The first-order valence-corrected chi connectivity index (χ1v) is 5.60. The maximum Gasteiger partial charge on any atom is 0.145 e. The minimum Gasteiger partial charge on any atom is -0.298 e. The number of benzene rings is 1. The Balaban J connectivity index is 2.62. The van der Waals surface area contributed by atoms with Crippen LogP contribution < -0.4 is 0 Å². The zero-order valence-corrected chi connectivity index (χ0v) is 9.41. The second-order valence-corrected chi connectivity index (χ2v) is 4.50. The molecule has 0 fully saturated rings. The Morgan fingerprint density at radius 3 is 2.60 bits per heavy atom. The van der Waals surface area contributed by atoms with E-state index >= 15 is 0 Å². The van der Waals surface area contributed by atoms with Crippen LogP contribution in [-0.4, -0.2) is 11.5 Å². The van der Waals surface area contributed by atoms with E-state index in [-0.39, 0.29) is 17.5 Å². The van der Waals surface area contributed by atoms with Gasteiger partial charge in [-0.3, -0.25) is 4.79 Å². The summed E-state index contributed by atoms with van der Waals surface area (Å²) in [6.07, 6.45) is 0. The van der Waals surface area contributed by atoms with Crippen molar-refractivity contribution in [1.29, 1.82) is 0 Å². The van der Waals surface area contributed by atoms with Crippen LogP contribution in [0.1, 0.15) is 13.8 Å². The van der Waals surface area contributed by atoms with E-state index in [0.29, 0.717) is 4.90 Å². The summed E-state index contributed by atoms with van der Waals surface area (Å²) in [5.41, 5.74) is 0. The lowest BCUT2D eigenvalue weighted by atomic mass is 10.1. The highest BCUT2D eigenvalue weighted by atomic mass is 32.2. The number of ketones is 1. The molecule has 82 valence electrons. The highest BCUT2D eigenvalue weighted by Gasteiger charge is 2.10. The molecular weight excluding hydrogens is 218 g/mol. The van der Waals surface area contributed by atoms with Crippen LogP contribution in [0.15, 0.2) is 23.1 Å². The lowest BCUT2D eigenvalue weighted by Gasteiger charge is -2.04. The van der Waals surface area contributed by atoms with Gasteiger partial charge in [0.1, 0.15) is 17.4 Å². The Labute approximate surface area is 91.9 Å². The molecule has 0 unspecified atom stereocenters. The maximum absolute atomic E-state index is 13.1. The topological polar surface area (TPSA) is 17.1 Å². The van der Waals surface area contributed by atoms with Gasteiger partial charge in [0, 0.05) is 16.9 Å². The highest BCUT2D eigenvalue weighted by Crippen LogP contribution is 2.22. The molecule has 15 heavy (non-hydrogen) atoms. The summed E-state index contributed by atoms with van der Waals surface area (Å²) in [7, 11) is 0. The first kappa shape index (κ1) is 12.2. The quantitative estimate of drug-likeness (QED) is 0.738. The zero-order chi connectivity index (χ0) is 11.4. The molecule has 0 aliphatic heterocycles. The zero-order valence-electron chi connectivity index (χ0n) is 8.59. The molecule has 0 spiro atoms. The van der Waals surface area contributed by atoms with Crippen LogP contribution in [0.25, 0.3) is 0 Å². The summed E-state index contributed by atoms with van der Waals surface area (Å²) in [4.78, 5) is 11.6. The molecule has 0 amide bonds. The maximum atomic E-state index is 13.1. The lowest BCUT2D eigenvalue weighted by Crippen LogP contribution is -2.09. The molecule has 1 aromatic carbocycles. The molecule has 0 atom stereocenters. The van der Waals surface area contributed by atoms with Crippen LogP contribution in [-0.2, 0) is 4.79 Å². The number of hydrogen-bond donors (Lipinski definition) is 0. The van der Waals surface area contributed by atoms with Crippen LogP contribution in [0.4, 0.5) is 8.78 Å². The fourth-order valence-corrected chi connectivity index (χ4v) is 1.90. The number of carbonyl (C=O) groups excluding carboxylic acids is 1. The van der Waals surface area contributed by atoms with Crippen LogP contribution in [0.3, 0.4) is 0 Å². The van der Waals surface area contributed by atoms with E-state index in [1.165, 1.54) is 12.1 Å². The van der Waals surface area contributed by atoms with E-state index in [1.54, 1.807) is 13.8 Å². The molecule has 1 rings (SSSR count). The third kappa shape index (κ3) is 3.63. The van der Waals surface area contributed by atoms with E-state index in [0.717, 1.165) is 17.8 Å².